The first-order valence-corrected chi connectivity index (χ1v) is 4.58. The lowest BCUT2D eigenvalue weighted by Gasteiger charge is -2.03. The molecule has 0 heterocycles. The van der Waals surface area contributed by atoms with Crippen LogP contribution in [-0.2, 0) is 14.2 Å². The molecule has 0 aromatic heterocycles. The van der Waals surface area contributed by atoms with E-state index in [1.807, 2.05) is 0 Å². The summed E-state index contributed by atoms with van der Waals surface area (Å²) in [6.45, 7) is 3.44. The Morgan fingerprint density at radius 1 is 0.909 bits per heavy atom. The molecule has 0 rings (SSSR count). The summed E-state index contributed by atoms with van der Waals surface area (Å²) in [6, 6.07) is 0. The lowest BCUT2D eigenvalue weighted by molar-refractivity contribution is 0.0286. The molecule has 0 bridgehead atoms. The van der Waals surface area contributed by atoms with Gasteiger partial charge in [0.1, 0.15) is 0 Å². The van der Waals surface area contributed by atoms with Crippen LogP contribution < -0.4 is 0 Å². The third-order valence-electron chi connectivity index (χ3n) is 1.07. The van der Waals surface area contributed by atoms with Crippen LogP contribution in [0.4, 0.5) is 0 Å². The maximum absolute atomic E-state index is 5.18. The second kappa shape index (κ2) is 10.3. The molecular weight excluding hydrogens is 163 g/mol. The molecule has 0 aliphatic rings. The van der Waals surface area contributed by atoms with E-state index < -0.39 is 0 Å². The monoisotopic (exact) mass is 180 g/mol. The maximum atomic E-state index is 5.18. The van der Waals surface area contributed by atoms with Gasteiger partial charge in [-0.2, -0.15) is 0 Å². The van der Waals surface area contributed by atoms with Crippen LogP contribution in [0.25, 0.3) is 0 Å². The molecule has 11 heavy (non-hydrogen) atoms. The van der Waals surface area contributed by atoms with Gasteiger partial charge < -0.3 is 14.2 Å². The van der Waals surface area contributed by atoms with Crippen molar-refractivity contribution in [1.82, 2.24) is 0 Å². The summed E-state index contributed by atoms with van der Waals surface area (Å²) in [5, 5.41) is 0. The molecule has 0 saturated carbocycles. The maximum Gasteiger partial charge on any atom is 0.0701 e. The summed E-state index contributed by atoms with van der Waals surface area (Å²) in [7, 11) is 4.27. The average Bonchev–Trinajstić information content (AvgIpc) is 2.03. The standard InChI is InChI=1S/C7H17O3P/c1-8-2-3-9-4-5-10-6-7-11/h2-7,11H2,1H3. The third kappa shape index (κ3) is 10.3. The molecule has 1 atom stereocenters. The van der Waals surface area contributed by atoms with E-state index in [4.69, 9.17) is 14.2 Å². The highest BCUT2D eigenvalue weighted by Crippen LogP contribution is 1.83. The zero-order chi connectivity index (χ0) is 8.36. The Morgan fingerprint density at radius 2 is 1.45 bits per heavy atom. The minimum atomic E-state index is 0.654. The van der Waals surface area contributed by atoms with E-state index in [0.717, 1.165) is 12.8 Å². The number of hydrogen-bond acceptors (Lipinski definition) is 3. The molecule has 0 saturated heterocycles. The van der Waals surface area contributed by atoms with Crippen molar-refractivity contribution >= 4 is 9.24 Å². The first-order valence-electron chi connectivity index (χ1n) is 3.76. The highest BCUT2D eigenvalue weighted by atomic mass is 31.0. The second-order valence-electron chi connectivity index (χ2n) is 2.01. The van der Waals surface area contributed by atoms with E-state index in [9.17, 15) is 0 Å². The molecule has 4 heteroatoms. The summed E-state index contributed by atoms with van der Waals surface area (Å²) in [6.07, 6.45) is 0.984. The molecule has 0 aromatic carbocycles. The van der Waals surface area contributed by atoms with Crippen molar-refractivity contribution in [2.24, 2.45) is 0 Å². The summed E-state index contributed by atoms with van der Waals surface area (Å²) >= 11 is 0. The average molecular weight is 180 g/mol. The first-order chi connectivity index (χ1) is 5.41. The molecule has 0 spiro atoms. The highest BCUT2D eigenvalue weighted by Gasteiger charge is 1.87. The normalized spacial score (nSPS) is 10.4. The Bertz CT molecular complexity index is 62.7. The van der Waals surface area contributed by atoms with Crippen molar-refractivity contribution in [2.45, 2.75) is 0 Å². The van der Waals surface area contributed by atoms with Crippen LogP contribution >= 0.6 is 9.24 Å². The van der Waals surface area contributed by atoms with E-state index >= 15 is 0 Å². The van der Waals surface area contributed by atoms with Gasteiger partial charge in [0.05, 0.1) is 33.0 Å². The van der Waals surface area contributed by atoms with Gasteiger partial charge in [-0.15, -0.1) is 9.24 Å². The zero-order valence-corrected chi connectivity index (χ0v) is 8.20. The van der Waals surface area contributed by atoms with Crippen molar-refractivity contribution in [1.29, 1.82) is 0 Å². The Hall–Kier alpha value is 0.310. The SMILES string of the molecule is COCCOCCOCCP. The van der Waals surface area contributed by atoms with Gasteiger partial charge in [-0.3, -0.25) is 0 Å². The van der Waals surface area contributed by atoms with Crippen LogP contribution in [0.5, 0.6) is 0 Å². The van der Waals surface area contributed by atoms with Crippen molar-refractivity contribution in [3.63, 3.8) is 0 Å². The molecule has 0 aromatic rings. The van der Waals surface area contributed by atoms with Crippen LogP contribution in [0.15, 0.2) is 0 Å². The number of rotatable bonds is 8. The summed E-state index contributed by atoms with van der Waals surface area (Å²) in [4.78, 5) is 0. The fourth-order valence-corrected chi connectivity index (χ4v) is 0.714. The predicted molar refractivity (Wildman–Crippen MR) is 48.1 cm³/mol. The minimum absolute atomic E-state index is 0.654. The molecule has 0 aliphatic heterocycles. The van der Waals surface area contributed by atoms with Crippen LogP contribution in [0.3, 0.4) is 0 Å². The molecule has 0 aliphatic carbocycles. The topological polar surface area (TPSA) is 27.7 Å². The van der Waals surface area contributed by atoms with Gasteiger partial charge in [0, 0.05) is 7.11 Å². The largest absolute Gasteiger partial charge is 0.382 e. The van der Waals surface area contributed by atoms with Gasteiger partial charge in [-0.25, -0.2) is 0 Å². The van der Waals surface area contributed by atoms with E-state index in [0.29, 0.717) is 26.4 Å². The lowest BCUT2D eigenvalue weighted by atomic mass is 10.7. The number of ether oxygens (including phenoxy) is 3. The molecular formula is C7H17O3P. The molecule has 68 valence electrons. The van der Waals surface area contributed by atoms with Gasteiger partial charge >= 0.3 is 0 Å². The van der Waals surface area contributed by atoms with Crippen LogP contribution in [0, 0.1) is 0 Å². The van der Waals surface area contributed by atoms with E-state index in [2.05, 4.69) is 9.24 Å². The molecule has 0 amide bonds. The number of hydrogen-bond donors (Lipinski definition) is 0. The molecule has 0 N–H and O–H groups in total. The first kappa shape index (κ1) is 11.3. The smallest absolute Gasteiger partial charge is 0.0701 e. The Kier molecular flexibility index (Phi) is 10.6. The van der Waals surface area contributed by atoms with Crippen molar-refractivity contribution in [2.75, 3.05) is 46.3 Å². The fourth-order valence-electron chi connectivity index (χ4n) is 0.548. The highest BCUT2D eigenvalue weighted by molar-refractivity contribution is 7.16. The summed E-state index contributed by atoms with van der Waals surface area (Å²) in [5.74, 6) is 0. The number of methoxy groups -OCH3 is 1. The van der Waals surface area contributed by atoms with Gasteiger partial charge in [-0.1, -0.05) is 0 Å². The van der Waals surface area contributed by atoms with E-state index in [1.165, 1.54) is 0 Å². The van der Waals surface area contributed by atoms with Gasteiger partial charge in [-0.05, 0) is 6.16 Å². The van der Waals surface area contributed by atoms with Crippen molar-refractivity contribution < 1.29 is 14.2 Å². The van der Waals surface area contributed by atoms with Crippen LogP contribution in [0.2, 0.25) is 0 Å². The Morgan fingerprint density at radius 3 is 2.00 bits per heavy atom. The summed E-state index contributed by atoms with van der Waals surface area (Å²) < 4.78 is 15.1. The van der Waals surface area contributed by atoms with Crippen LogP contribution in [0.1, 0.15) is 0 Å². The van der Waals surface area contributed by atoms with E-state index in [-0.39, 0.29) is 0 Å². The minimum Gasteiger partial charge on any atom is -0.382 e. The molecule has 3 nitrogen and oxygen atoms in total. The molecule has 1 unspecified atom stereocenters. The van der Waals surface area contributed by atoms with Gasteiger partial charge in [0.15, 0.2) is 0 Å². The zero-order valence-electron chi connectivity index (χ0n) is 7.04. The Balaban J connectivity index is 2.69. The van der Waals surface area contributed by atoms with Crippen molar-refractivity contribution in [3.05, 3.63) is 0 Å². The fraction of sp³-hybridized carbons (Fsp3) is 1.00. The van der Waals surface area contributed by atoms with Crippen LogP contribution in [-0.4, -0.2) is 46.3 Å². The summed E-state index contributed by atoms with van der Waals surface area (Å²) in [5.41, 5.74) is 0. The molecule has 0 fully saturated rings. The second-order valence-corrected chi connectivity index (χ2v) is 2.58. The third-order valence-corrected chi connectivity index (χ3v) is 1.30. The molecule has 0 radical (unpaired) electrons. The van der Waals surface area contributed by atoms with E-state index in [1.54, 1.807) is 7.11 Å². The lowest BCUT2D eigenvalue weighted by Crippen LogP contribution is -2.09. The van der Waals surface area contributed by atoms with Gasteiger partial charge in [0.25, 0.3) is 0 Å². The predicted octanol–water partition coefficient (Wildman–Crippen LogP) is 0.541. The van der Waals surface area contributed by atoms with Crippen molar-refractivity contribution in [3.8, 4) is 0 Å². The quantitative estimate of drug-likeness (QED) is 0.403. The van der Waals surface area contributed by atoms with Gasteiger partial charge in [0.2, 0.25) is 0 Å². The Labute approximate surface area is 70.6 Å².